The Kier molecular flexibility index (Phi) is 6.30. The number of hydrogen-bond acceptors (Lipinski definition) is 4. The summed E-state index contributed by atoms with van der Waals surface area (Å²) in [6.07, 6.45) is 4.31. The Bertz CT molecular complexity index is 569. The van der Waals surface area contributed by atoms with Crippen molar-refractivity contribution in [3.8, 4) is 0 Å². The summed E-state index contributed by atoms with van der Waals surface area (Å²) in [6.45, 7) is 1.31. The zero-order chi connectivity index (χ0) is 15.6. The number of thiophene rings is 1. The average Bonchev–Trinajstić information content (AvgIpc) is 2.75. The fourth-order valence-corrected chi connectivity index (χ4v) is 5.92. The van der Waals surface area contributed by atoms with Crippen molar-refractivity contribution in [1.82, 2.24) is 9.62 Å². The predicted octanol–water partition coefficient (Wildman–Crippen LogP) is 3.60. The second-order valence-electron chi connectivity index (χ2n) is 5.48. The van der Waals surface area contributed by atoms with Gasteiger partial charge < -0.3 is 5.32 Å². The second-order valence-corrected chi connectivity index (χ2v) is 10.7. The molecule has 1 aromatic heterocycles. The smallest absolute Gasteiger partial charge is 0.211 e. The van der Waals surface area contributed by atoms with Gasteiger partial charge in [0.25, 0.3) is 0 Å². The predicted molar refractivity (Wildman–Crippen MR) is 95.3 cm³/mol. The van der Waals surface area contributed by atoms with E-state index in [0.29, 0.717) is 19.0 Å². The van der Waals surface area contributed by atoms with E-state index in [4.69, 9.17) is 0 Å². The number of sulfonamides is 1. The Morgan fingerprint density at radius 3 is 2.76 bits per heavy atom. The molecule has 1 aliphatic heterocycles. The van der Waals surface area contributed by atoms with E-state index in [1.165, 1.54) is 11.1 Å². The lowest BCUT2D eigenvalue weighted by atomic mass is 9.92. The fourth-order valence-electron chi connectivity index (χ4n) is 2.77. The van der Waals surface area contributed by atoms with Gasteiger partial charge in [0.15, 0.2) is 0 Å². The topological polar surface area (TPSA) is 49.4 Å². The van der Waals surface area contributed by atoms with Gasteiger partial charge >= 0.3 is 0 Å². The summed E-state index contributed by atoms with van der Waals surface area (Å²) in [5, 5.41) is 3.36. The van der Waals surface area contributed by atoms with Gasteiger partial charge in [-0.05, 0) is 70.2 Å². The quantitative estimate of drug-likeness (QED) is 0.731. The third kappa shape index (κ3) is 4.75. The van der Waals surface area contributed by atoms with Crippen LogP contribution in [-0.2, 0) is 10.0 Å². The molecule has 8 heteroatoms. The van der Waals surface area contributed by atoms with E-state index in [1.807, 2.05) is 7.05 Å². The van der Waals surface area contributed by atoms with Gasteiger partial charge in [-0.1, -0.05) is 0 Å². The van der Waals surface area contributed by atoms with Gasteiger partial charge in [-0.25, -0.2) is 12.7 Å². The SMILES string of the molecule is CNC(CC1CCCN(S(C)(=O)=O)C1)c1cc(Br)c(Br)s1. The van der Waals surface area contributed by atoms with Crippen molar-refractivity contribution in [2.45, 2.75) is 25.3 Å². The standard InChI is InChI=1S/C13H20Br2N2O2S2/c1-16-11(12-7-10(14)13(15)20-12)6-9-4-3-5-17(8-9)21(2,18)19/h7,9,11,16H,3-6,8H2,1-2H3. The van der Waals surface area contributed by atoms with Crippen molar-refractivity contribution in [2.75, 3.05) is 26.4 Å². The summed E-state index contributed by atoms with van der Waals surface area (Å²) < 4.78 is 27.2. The molecule has 0 spiro atoms. The molecule has 0 saturated carbocycles. The Labute approximate surface area is 147 Å². The third-order valence-electron chi connectivity index (χ3n) is 3.88. The van der Waals surface area contributed by atoms with Crippen LogP contribution in [-0.4, -0.2) is 39.1 Å². The van der Waals surface area contributed by atoms with E-state index in [0.717, 1.165) is 27.5 Å². The highest BCUT2D eigenvalue weighted by molar-refractivity contribution is 9.13. The minimum atomic E-state index is -3.07. The van der Waals surface area contributed by atoms with Crippen molar-refractivity contribution in [2.24, 2.45) is 5.92 Å². The lowest BCUT2D eigenvalue weighted by Gasteiger charge is -2.32. The van der Waals surface area contributed by atoms with Gasteiger partial charge in [0.2, 0.25) is 10.0 Å². The van der Waals surface area contributed by atoms with E-state index >= 15 is 0 Å². The molecule has 1 saturated heterocycles. The summed E-state index contributed by atoms with van der Waals surface area (Å²) >= 11 is 8.77. The van der Waals surface area contributed by atoms with Crippen LogP contribution < -0.4 is 5.32 Å². The Morgan fingerprint density at radius 1 is 1.52 bits per heavy atom. The molecule has 2 heterocycles. The average molecular weight is 460 g/mol. The largest absolute Gasteiger partial charge is 0.312 e. The summed E-state index contributed by atoms with van der Waals surface area (Å²) in [7, 11) is -1.11. The van der Waals surface area contributed by atoms with Gasteiger partial charge in [0.1, 0.15) is 0 Å². The van der Waals surface area contributed by atoms with Crippen molar-refractivity contribution in [1.29, 1.82) is 0 Å². The zero-order valence-corrected chi connectivity index (χ0v) is 16.9. The Morgan fingerprint density at radius 2 is 2.24 bits per heavy atom. The van der Waals surface area contributed by atoms with Crippen LogP contribution >= 0.6 is 43.2 Å². The minimum absolute atomic E-state index is 0.266. The molecule has 0 aliphatic carbocycles. The lowest BCUT2D eigenvalue weighted by molar-refractivity contribution is 0.241. The van der Waals surface area contributed by atoms with Gasteiger partial charge in [-0.2, -0.15) is 0 Å². The van der Waals surface area contributed by atoms with Crippen molar-refractivity contribution in [3.05, 3.63) is 19.2 Å². The molecule has 4 nitrogen and oxygen atoms in total. The Hall–Kier alpha value is 0.530. The highest BCUT2D eigenvalue weighted by Gasteiger charge is 2.28. The maximum atomic E-state index is 11.7. The highest BCUT2D eigenvalue weighted by atomic mass is 79.9. The van der Waals surface area contributed by atoms with Crippen LogP contribution in [0.15, 0.2) is 14.3 Å². The Balaban J connectivity index is 2.04. The van der Waals surface area contributed by atoms with Crippen molar-refractivity contribution < 1.29 is 8.42 Å². The van der Waals surface area contributed by atoms with Gasteiger partial charge in [0, 0.05) is 28.5 Å². The molecule has 120 valence electrons. The second kappa shape index (κ2) is 7.40. The zero-order valence-electron chi connectivity index (χ0n) is 12.1. The first-order chi connectivity index (χ1) is 9.81. The van der Waals surface area contributed by atoms with Crippen LogP contribution in [0.1, 0.15) is 30.2 Å². The highest BCUT2D eigenvalue weighted by Crippen LogP contribution is 2.38. The molecular formula is C13H20Br2N2O2S2. The number of nitrogens with one attached hydrogen (secondary N) is 1. The first-order valence-electron chi connectivity index (χ1n) is 6.88. The van der Waals surface area contributed by atoms with Crippen LogP contribution in [0, 0.1) is 5.92 Å². The van der Waals surface area contributed by atoms with Crippen LogP contribution in [0.4, 0.5) is 0 Å². The molecule has 2 rings (SSSR count). The summed E-state index contributed by atoms with van der Waals surface area (Å²) in [6, 6.07) is 2.40. The first-order valence-corrected chi connectivity index (χ1v) is 11.1. The van der Waals surface area contributed by atoms with Crippen molar-refractivity contribution in [3.63, 3.8) is 0 Å². The molecular weight excluding hydrogens is 440 g/mol. The molecule has 0 amide bonds. The molecule has 0 bridgehead atoms. The van der Waals surface area contributed by atoms with E-state index in [-0.39, 0.29) is 6.04 Å². The molecule has 1 aromatic rings. The van der Waals surface area contributed by atoms with E-state index in [9.17, 15) is 8.42 Å². The maximum Gasteiger partial charge on any atom is 0.211 e. The first kappa shape index (κ1) is 17.9. The summed E-state index contributed by atoms with van der Waals surface area (Å²) in [5.74, 6) is 0.408. The number of nitrogens with zero attached hydrogens (tertiary/aromatic N) is 1. The molecule has 1 N–H and O–H groups in total. The third-order valence-corrected chi connectivity index (χ3v) is 8.52. The van der Waals surface area contributed by atoms with Crippen LogP contribution in [0.25, 0.3) is 0 Å². The van der Waals surface area contributed by atoms with Crippen molar-refractivity contribution >= 4 is 53.2 Å². The summed E-state index contributed by atoms with van der Waals surface area (Å²) in [4.78, 5) is 1.27. The van der Waals surface area contributed by atoms with Crippen LogP contribution in [0.2, 0.25) is 0 Å². The molecule has 0 radical (unpaired) electrons. The molecule has 2 atom stereocenters. The number of piperidine rings is 1. The van der Waals surface area contributed by atoms with Gasteiger partial charge in [-0.3, -0.25) is 0 Å². The minimum Gasteiger partial charge on any atom is -0.312 e. The van der Waals surface area contributed by atoms with E-state index in [1.54, 1.807) is 15.6 Å². The lowest BCUT2D eigenvalue weighted by Crippen LogP contribution is -2.40. The van der Waals surface area contributed by atoms with Gasteiger partial charge in [0.05, 0.1) is 10.0 Å². The molecule has 1 fully saturated rings. The number of hydrogen-bond donors (Lipinski definition) is 1. The van der Waals surface area contributed by atoms with E-state index < -0.39 is 10.0 Å². The van der Waals surface area contributed by atoms with E-state index in [2.05, 4.69) is 43.2 Å². The monoisotopic (exact) mass is 458 g/mol. The van der Waals surface area contributed by atoms with Crippen LogP contribution in [0.3, 0.4) is 0 Å². The maximum absolute atomic E-state index is 11.7. The molecule has 1 aliphatic rings. The molecule has 0 aromatic carbocycles. The van der Waals surface area contributed by atoms with Gasteiger partial charge in [-0.15, -0.1) is 11.3 Å². The molecule has 2 unspecified atom stereocenters. The molecule has 21 heavy (non-hydrogen) atoms. The summed E-state index contributed by atoms with van der Waals surface area (Å²) in [5.41, 5.74) is 0. The fraction of sp³-hybridized carbons (Fsp3) is 0.692. The van der Waals surface area contributed by atoms with Crippen LogP contribution in [0.5, 0.6) is 0 Å². The number of rotatable bonds is 5. The normalized spacial score (nSPS) is 22.4. The number of halogens is 2.